The van der Waals surface area contributed by atoms with Gasteiger partial charge in [0.15, 0.2) is 6.29 Å². The van der Waals surface area contributed by atoms with Crippen molar-refractivity contribution in [3.63, 3.8) is 0 Å². The lowest BCUT2D eigenvalue weighted by Crippen LogP contribution is -2.63. The van der Waals surface area contributed by atoms with E-state index in [-0.39, 0.29) is 11.7 Å². The van der Waals surface area contributed by atoms with Crippen LogP contribution in [0.3, 0.4) is 0 Å². The van der Waals surface area contributed by atoms with Gasteiger partial charge in [0.05, 0.1) is 7.11 Å². The van der Waals surface area contributed by atoms with Crippen LogP contribution in [-0.2, 0) is 29.1 Å². The molecule has 5 nitrogen and oxygen atoms in total. The van der Waals surface area contributed by atoms with Gasteiger partial charge in [-0.25, -0.2) is 0 Å². The van der Waals surface area contributed by atoms with E-state index in [2.05, 4.69) is 0 Å². The number of ether oxygens (including phenoxy) is 2. The summed E-state index contributed by atoms with van der Waals surface area (Å²) < 4.78 is 34.8. The highest BCUT2D eigenvalue weighted by molar-refractivity contribution is 7.33. The van der Waals surface area contributed by atoms with Gasteiger partial charge >= 0.3 is 14.2 Å². The van der Waals surface area contributed by atoms with Crippen LogP contribution in [0.25, 0.3) is 0 Å². The molecule has 0 N–H and O–H groups in total. The molecule has 1 atom stereocenters. The zero-order valence-electron chi connectivity index (χ0n) is 14.4. The first-order chi connectivity index (χ1) is 12.1. The Morgan fingerprint density at radius 2 is 1.56 bits per heavy atom. The highest BCUT2D eigenvalue weighted by Gasteiger charge is 2.66. The molecule has 4 saturated carbocycles. The molecule has 0 amide bonds. The molecule has 6 heteroatoms. The average Bonchev–Trinajstić information content (AvgIpc) is 2.57. The van der Waals surface area contributed by atoms with E-state index in [0.717, 1.165) is 23.3 Å². The lowest BCUT2D eigenvalue weighted by atomic mass is 9.49. The van der Waals surface area contributed by atoms with Gasteiger partial charge in [0.1, 0.15) is 0 Å². The van der Waals surface area contributed by atoms with Gasteiger partial charge < -0.3 is 0 Å². The normalized spacial score (nSPS) is 45.2. The van der Waals surface area contributed by atoms with Gasteiger partial charge in [-0.15, -0.1) is 4.52 Å². The average molecular weight is 363 g/mol. The monoisotopic (exact) mass is 363 g/mol. The third-order valence-corrected chi connectivity index (χ3v) is 7.27. The van der Waals surface area contributed by atoms with E-state index >= 15 is 0 Å². The largest absolute Gasteiger partial charge is 0.703 e. The molecule has 1 aliphatic heterocycles. The van der Waals surface area contributed by atoms with Crippen LogP contribution in [0.5, 0.6) is 0 Å². The fourth-order valence-corrected chi connectivity index (χ4v) is 6.48. The molecule has 0 spiro atoms. The lowest BCUT2D eigenvalue weighted by Gasteiger charge is -2.62. The van der Waals surface area contributed by atoms with Gasteiger partial charge in [-0.1, -0.05) is 30.3 Å². The maximum absolute atomic E-state index is 11.9. The molecule has 5 fully saturated rings. The van der Waals surface area contributed by atoms with Crippen molar-refractivity contribution in [2.24, 2.45) is 23.2 Å². The summed E-state index contributed by atoms with van der Waals surface area (Å²) in [4.78, 5) is 0. The SMILES string of the molecule is CO[P+](=O)OC1(c2ccccc2)OC(C23CC4CC(CC(C4)C2)C3)O1. The molecule has 4 aliphatic carbocycles. The predicted octanol–water partition coefficient (Wildman–Crippen LogP) is 4.71. The van der Waals surface area contributed by atoms with Crippen LogP contribution in [0.4, 0.5) is 0 Å². The smallest absolute Gasteiger partial charge is 0.290 e. The van der Waals surface area contributed by atoms with Gasteiger partial charge in [0.2, 0.25) is 0 Å². The molecule has 5 aliphatic rings. The standard InChI is InChI=1S/C19H24O5P/c1-21-25(20)24-19(16-5-3-2-4-6-16)22-17(23-19)18-10-13-7-14(11-18)9-15(8-13)12-18/h2-6,13-15,17H,7-12H2,1H3/q+1. The van der Waals surface area contributed by atoms with Crippen LogP contribution in [0.1, 0.15) is 44.1 Å². The minimum absolute atomic E-state index is 0.106. The number of hydrogen-bond donors (Lipinski definition) is 0. The second-order valence-corrected chi connectivity index (χ2v) is 9.26. The first-order valence-corrected chi connectivity index (χ1v) is 10.3. The summed E-state index contributed by atoms with van der Waals surface area (Å²) in [5, 5.41) is 0. The Balaban J connectivity index is 1.39. The first kappa shape index (κ1) is 16.3. The molecule has 1 aromatic carbocycles. The van der Waals surface area contributed by atoms with Gasteiger partial charge in [0, 0.05) is 15.5 Å². The molecular weight excluding hydrogens is 339 g/mol. The molecule has 0 aromatic heterocycles. The van der Waals surface area contributed by atoms with Gasteiger partial charge in [0.25, 0.3) is 0 Å². The Morgan fingerprint density at radius 1 is 1.00 bits per heavy atom. The topological polar surface area (TPSA) is 54.0 Å². The van der Waals surface area contributed by atoms with Crippen LogP contribution in [0.2, 0.25) is 0 Å². The summed E-state index contributed by atoms with van der Waals surface area (Å²) in [6.45, 7) is 0. The van der Waals surface area contributed by atoms with Crippen LogP contribution in [0, 0.1) is 23.2 Å². The second kappa shape index (κ2) is 5.83. The fourth-order valence-electron chi connectivity index (χ4n) is 6.02. The zero-order chi connectivity index (χ0) is 17.1. The Labute approximate surface area is 148 Å². The van der Waals surface area contributed by atoms with E-state index in [1.165, 1.54) is 45.6 Å². The van der Waals surface area contributed by atoms with Crippen molar-refractivity contribution in [3.8, 4) is 0 Å². The van der Waals surface area contributed by atoms with E-state index in [4.69, 9.17) is 18.5 Å². The maximum Gasteiger partial charge on any atom is 0.703 e. The van der Waals surface area contributed by atoms with Gasteiger partial charge in [-0.2, -0.15) is 0 Å². The van der Waals surface area contributed by atoms with Gasteiger partial charge in [-0.3, -0.25) is 9.47 Å². The minimum atomic E-state index is -2.30. The molecule has 1 heterocycles. The Morgan fingerprint density at radius 3 is 2.08 bits per heavy atom. The highest BCUT2D eigenvalue weighted by Crippen LogP contribution is 2.65. The summed E-state index contributed by atoms with van der Waals surface area (Å²) in [5.74, 6) is 1.06. The third-order valence-electron chi connectivity index (χ3n) is 6.58. The quantitative estimate of drug-likeness (QED) is 0.710. The highest BCUT2D eigenvalue weighted by atomic mass is 31.1. The van der Waals surface area contributed by atoms with Crippen LogP contribution in [0.15, 0.2) is 30.3 Å². The van der Waals surface area contributed by atoms with Crippen molar-refractivity contribution < 1.29 is 23.1 Å². The summed E-state index contributed by atoms with van der Waals surface area (Å²) in [7, 11) is -0.943. The second-order valence-electron chi connectivity index (χ2n) is 8.27. The van der Waals surface area contributed by atoms with Crippen molar-refractivity contribution in [3.05, 3.63) is 35.9 Å². The fraction of sp³-hybridized carbons (Fsp3) is 0.684. The van der Waals surface area contributed by atoms with E-state index < -0.39 is 14.2 Å². The summed E-state index contributed by atoms with van der Waals surface area (Å²) in [6, 6.07) is 9.45. The Hall–Kier alpha value is -0.840. The zero-order valence-corrected chi connectivity index (χ0v) is 15.3. The minimum Gasteiger partial charge on any atom is -0.290 e. The van der Waals surface area contributed by atoms with Crippen LogP contribution >= 0.6 is 8.25 Å². The summed E-state index contributed by atoms with van der Waals surface area (Å²) in [5.41, 5.74) is 0.825. The Kier molecular flexibility index (Phi) is 3.81. The number of benzene rings is 1. The molecule has 1 saturated heterocycles. The van der Waals surface area contributed by atoms with Gasteiger partial charge in [-0.05, 0) is 60.8 Å². The Bertz CT molecular complexity index is 634. The van der Waals surface area contributed by atoms with Crippen molar-refractivity contribution in [2.75, 3.05) is 7.11 Å². The number of hydrogen-bond acceptors (Lipinski definition) is 5. The molecule has 6 rings (SSSR count). The van der Waals surface area contributed by atoms with Crippen molar-refractivity contribution in [1.29, 1.82) is 0 Å². The molecule has 25 heavy (non-hydrogen) atoms. The van der Waals surface area contributed by atoms with E-state index in [0.29, 0.717) is 0 Å². The molecule has 0 radical (unpaired) electrons. The van der Waals surface area contributed by atoms with Crippen LogP contribution in [-0.4, -0.2) is 13.4 Å². The summed E-state index contributed by atoms with van der Waals surface area (Å²) in [6.07, 6.45) is 7.41. The summed E-state index contributed by atoms with van der Waals surface area (Å²) >= 11 is 0. The molecule has 4 bridgehead atoms. The first-order valence-electron chi connectivity index (χ1n) is 9.22. The van der Waals surface area contributed by atoms with E-state index in [1.54, 1.807) is 0 Å². The van der Waals surface area contributed by atoms with Crippen LogP contribution < -0.4 is 0 Å². The predicted molar refractivity (Wildman–Crippen MR) is 90.4 cm³/mol. The van der Waals surface area contributed by atoms with Crippen molar-refractivity contribution in [2.45, 2.75) is 50.8 Å². The maximum atomic E-state index is 11.9. The molecular formula is C19H24O5P+. The molecule has 1 unspecified atom stereocenters. The van der Waals surface area contributed by atoms with E-state index in [9.17, 15) is 4.57 Å². The molecule has 134 valence electrons. The van der Waals surface area contributed by atoms with E-state index in [1.807, 2.05) is 30.3 Å². The molecule has 1 aromatic rings. The number of rotatable bonds is 5. The lowest BCUT2D eigenvalue weighted by molar-refractivity contribution is -0.558. The third kappa shape index (κ3) is 2.60. The van der Waals surface area contributed by atoms with Crippen molar-refractivity contribution in [1.82, 2.24) is 0 Å². The van der Waals surface area contributed by atoms with Crippen molar-refractivity contribution >= 4 is 8.25 Å².